The van der Waals surface area contributed by atoms with Gasteiger partial charge in [-0.25, -0.2) is 4.39 Å². The third-order valence-electron chi connectivity index (χ3n) is 1.96. The standard InChI is InChI=1S/C11H17FN2S/c1-14(2)6-3-7-15-11-5-4-9(13)8-10(11)12/h4-5,8H,3,6-7,13H2,1-2H3. The van der Waals surface area contributed by atoms with Gasteiger partial charge in [0, 0.05) is 10.6 Å². The van der Waals surface area contributed by atoms with Crippen molar-refractivity contribution in [1.82, 2.24) is 4.90 Å². The molecule has 1 rings (SSSR count). The number of rotatable bonds is 5. The topological polar surface area (TPSA) is 29.3 Å². The van der Waals surface area contributed by atoms with E-state index < -0.39 is 0 Å². The quantitative estimate of drug-likeness (QED) is 0.477. The maximum absolute atomic E-state index is 13.3. The molecule has 0 aliphatic carbocycles. The summed E-state index contributed by atoms with van der Waals surface area (Å²) < 4.78 is 13.3. The molecule has 0 atom stereocenters. The van der Waals surface area contributed by atoms with Crippen molar-refractivity contribution in [3.63, 3.8) is 0 Å². The van der Waals surface area contributed by atoms with E-state index in [1.165, 1.54) is 6.07 Å². The summed E-state index contributed by atoms with van der Waals surface area (Å²) in [6.07, 6.45) is 1.06. The Balaban J connectivity index is 2.37. The van der Waals surface area contributed by atoms with Crippen molar-refractivity contribution < 1.29 is 4.39 Å². The van der Waals surface area contributed by atoms with Crippen molar-refractivity contribution in [2.75, 3.05) is 32.1 Å². The van der Waals surface area contributed by atoms with Gasteiger partial charge in [0.2, 0.25) is 0 Å². The van der Waals surface area contributed by atoms with Crippen LogP contribution in [0.2, 0.25) is 0 Å². The van der Waals surface area contributed by atoms with Gasteiger partial charge in [0.1, 0.15) is 5.82 Å². The highest BCUT2D eigenvalue weighted by Gasteiger charge is 2.02. The second-order valence-corrected chi connectivity index (χ2v) is 4.83. The highest BCUT2D eigenvalue weighted by molar-refractivity contribution is 7.99. The van der Waals surface area contributed by atoms with Gasteiger partial charge in [0.15, 0.2) is 0 Å². The van der Waals surface area contributed by atoms with E-state index in [1.807, 2.05) is 14.1 Å². The summed E-state index contributed by atoms with van der Waals surface area (Å²) >= 11 is 1.54. The second-order valence-electron chi connectivity index (χ2n) is 3.70. The highest BCUT2D eigenvalue weighted by atomic mass is 32.2. The van der Waals surface area contributed by atoms with Gasteiger partial charge in [0.25, 0.3) is 0 Å². The average Bonchev–Trinajstić information content (AvgIpc) is 2.14. The van der Waals surface area contributed by atoms with Crippen LogP contribution in [0.5, 0.6) is 0 Å². The monoisotopic (exact) mass is 228 g/mol. The summed E-state index contributed by atoms with van der Waals surface area (Å²) in [5, 5.41) is 0. The molecule has 2 N–H and O–H groups in total. The first-order chi connectivity index (χ1) is 7.09. The van der Waals surface area contributed by atoms with Crippen LogP contribution in [0.25, 0.3) is 0 Å². The number of halogens is 1. The molecule has 0 radical (unpaired) electrons. The van der Waals surface area contributed by atoms with Gasteiger partial charge >= 0.3 is 0 Å². The molecule has 0 saturated heterocycles. The van der Waals surface area contributed by atoms with Crippen LogP contribution in [0.15, 0.2) is 23.1 Å². The fraction of sp³-hybridized carbons (Fsp3) is 0.455. The summed E-state index contributed by atoms with van der Waals surface area (Å²) in [7, 11) is 4.07. The molecule has 0 saturated carbocycles. The van der Waals surface area contributed by atoms with E-state index in [1.54, 1.807) is 23.9 Å². The zero-order valence-electron chi connectivity index (χ0n) is 9.16. The largest absolute Gasteiger partial charge is 0.399 e. The highest BCUT2D eigenvalue weighted by Crippen LogP contribution is 2.23. The normalized spacial score (nSPS) is 10.9. The van der Waals surface area contributed by atoms with E-state index >= 15 is 0 Å². The fourth-order valence-electron chi connectivity index (χ4n) is 1.20. The average molecular weight is 228 g/mol. The number of hydrogen-bond donors (Lipinski definition) is 1. The predicted molar refractivity (Wildman–Crippen MR) is 64.7 cm³/mol. The lowest BCUT2D eigenvalue weighted by Gasteiger charge is -2.09. The Morgan fingerprint density at radius 2 is 2.13 bits per heavy atom. The van der Waals surface area contributed by atoms with Crippen molar-refractivity contribution in [2.24, 2.45) is 0 Å². The van der Waals surface area contributed by atoms with Crippen molar-refractivity contribution >= 4 is 17.4 Å². The first kappa shape index (κ1) is 12.3. The maximum atomic E-state index is 13.3. The van der Waals surface area contributed by atoms with Crippen LogP contribution in [0, 0.1) is 5.82 Å². The van der Waals surface area contributed by atoms with Crippen LogP contribution in [0.1, 0.15) is 6.42 Å². The van der Waals surface area contributed by atoms with Crippen LogP contribution in [-0.4, -0.2) is 31.3 Å². The summed E-state index contributed by atoms with van der Waals surface area (Å²) in [6, 6.07) is 4.84. The second kappa shape index (κ2) is 5.98. The zero-order valence-corrected chi connectivity index (χ0v) is 9.98. The van der Waals surface area contributed by atoms with E-state index in [0.717, 1.165) is 18.7 Å². The minimum absolute atomic E-state index is 0.218. The van der Waals surface area contributed by atoms with E-state index in [4.69, 9.17) is 5.73 Å². The molecule has 0 aliphatic heterocycles. The van der Waals surface area contributed by atoms with Gasteiger partial charge in [-0.1, -0.05) is 0 Å². The Kier molecular flexibility index (Phi) is 4.91. The van der Waals surface area contributed by atoms with Gasteiger partial charge in [-0.3, -0.25) is 0 Å². The van der Waals surface area contributed by atoms with Crippen molar-refractivity contribution in [3.8, 4) is 0 Å². The smallest absolute Gasteiger partial charge is 0.138 e. The van der Waals surface area contributed by atoms with E-state index in [9.17, 15) is 4.39 Å². The molecule has 0 amide bonds. The number of benzene rings is 1. The summed E-state index contributed by atoms with van der Waals surface area (Å²) in [6.45, 7) is 1.03. The molecule has 4 heteroatoms. The molecule has 15 heavy (non-hydrogen) atoms. The fourth-order valence-corrected chi connectivity index (χ4v) is 2.05. The summed E-state index contributed by atoms with van der Waals surface area (Å²) in [5.41, 5.74) is 5.94. The van der Waals surface area contributed by atoms with E-state index in [0.29, 0.717) is 10.6 Å². The Bertz CT molecular complexity index is 315. The Labute approximate surface area is 94.6 Å². The van der Waals surface area contributed by atoms with Gasteiger partial charge in [0.05, 0.1) is 0 Å². The van der Waals surface area contributed by atoms with Crippen LogP contribution in [-0.2, 0) is 0 Å². The molecule has 0 aliphatic rings. The number of hydrogen-bond acceptors (Lipinski definition) is 3. The third kappa shape index (κ3) is 4.53. The SMILES string of the molecule is CN(C)CCCSc1ccc(N)cc1F. The van der Waals surface area contributed by atoms with Crippen molar-refractivity contribution in [2.45, 2.75) is 11.3 Å². The molecule has 0 spiro atoms. The first-order valence-corrected chi connectivity index (χ1v) is 5.90. The van der Waals surface area contributed by atoms with E-state index in [2.05, 4.69) is 4.90 Å². The molecule has 1 aromatic carbocycles. The lowest BCUT2D eigenvalue weighted by molar-refractivity contribution is 0.410. The van der Waals surface area contributed by atoms with Crippen molar-refractivity contribution in [3.05, 3.63) is 24.0 Å². The lowest BCUT2D eigenvalue weighted by Crippen LogP contribution is -2.13. The third-order valence-corrected chi connectivity index (χ3v) is 3.10. The minimum atomic E-state index is -0.218. The number of thioether (sulfide) groups is 1. The lowest BCUT2D eigenvalue weighted by atomic mass is 10.3. The molecule has 0 fully saturated rings. The van der Waals surface area contributed by atoms with Crippen LogP contribution in [0.3, 0.4) is 0 Å². The molecule has 2 nitrogen and oxygen atoms in total. The van der Waals surface area contributed by atoms with Crippen LogP contribution >= 0.6 is 11.8 Å². The molecule has 0 heterocycles. The van der Waals surface area contributed by atoms with Gasteiger partial charge < -0.3 is 10.6 Å². The van der Waals surface area contributed by atoms with Gasteiger partial charge in [-0.2, -0.15) is 0 Å². The zero-order chi connectivity index (χ0) is 11.3. The number of anilines is 1. The maximum Gasteiger partial charge on any atom is 0.138 e. The Morgan fingerprint density at radius 1 is 1.40 bits per heavy atom. The number of nitrogens with two attached hydrogens (primary N) is 1. The molecule has 0 unspecified atom stereocenters. The summed E-state index contributed by atoms with van der Waals surface area (Å²) in [5.74, 6) is 0.712. The Hall–Kier alpha value is -0.740. The molecule has 0 bridgehead atoms. The van der Waals surface area contributed by atoms with E-state index in [-0.39, 0.29) is 5.82 Å². The van der Waals surface area contributed by atoms with Gasteiger partial charge in [-0.15, -0.1) is 11.8 Å². The number of nitrogen functional groups attached to an aromatic ring is 1. The molecule has 0 aromatic heterocycles. The molecular weight excluding hydrogens is 211 g/mol. The van der Waals surface area contributed by atoms with Crippen LogP contribution < -0.4 is 5.73 Å². The first-order valence-electron chi connectivity index (χ1n) is 4.92. The predicted octanol–water partition coefficient (Wildman–Crippen LogP) is 2.45. The molecular formula is C11H17FN2S. The van der Waals surface area contributed by atoms with Crippen molar-refractivity contribution in [1.29, 1.82) is 0 Å². The summed E-state index contributed by atoms with van der Waals surface area (Å²) in [4.78, 5) is 2.81. The Morgan fingerprint density at radius 3 is 2.73 bits per heavy atom. The minimum Gasteiger partial charge on any atom is -0.399 e. The number of nitrogens with zero attached hydrogens (tertiary/aromatic N) is 1. The molecule has 84 valence electrons. The van der Waals surface area contributed by atoms with Gasteiger partial charge in [-0.05, 0) is 51.0 Å². The van der Waals surface area contributed by atoms with Crippen LogP contribution in [0.4, 0.5) is 10.1 Å². The molecule has 1 aromatic rings.